The summed E-state index contributed by atoms with van der Waals surface area (Å²) in [6, 6.07) is 0. The van der Waals surface area contributed by atoms with Crippen LogP contribution in [0.2, 0.25) is 0 Å². The maximum absolute atomic E-state index is 12.2. The lowest BCUT2D eigenvalue weighted by atomic mass is 10.1. The van der Waals surface area contributed by atoms with Crippen molar-refractivity contribution in [1.82, 2.24) is 8.61 Å². The van der Waals surface area contributed by atoms with Gasteiger partial charge in [-0.25, -0.2) is 0 Å². The Hall–Kier alpha value is -0.250. The van der Waals surface area contributed by atoms with Crippen LogP contribution in [0.25, 0.3) is 0 Å². The number of ether oxygens (including phenoxy) is 1. The predicted molar refractivity (Wildman–Crippen MR) is 72.9 cm³/mol. The minimum Gasteiger partial charge on any atom is -0.394 e. The average molecular weight is 295 g/mol. The second kappa shape index (κ2) is 8.13. The van der Waals surface area contributed by atoms with Crippen molar-refractivity contribution in [2.45, 2.75) is 25.4 Å². The summed E-state index contributed by atoms with van der Waals surface area (Å²) in [5, 5.41) is 8.69. The van der Waals surface area contributed by atoms with Gasteiger partial charge in [0, 0.05) is 26.7 Å². The quantitative estimate of drug-likeness (QED) is 0.598. The second-order valence-electron chi connectivity index (χ2n) is 4.66. The molecular formula is C11H25N3O4S. The Bertz CT molecular complexity index is 342. The van der Waals surface area contributed by atoms with Gasteiger partial charge < -0.3 is 15.6 Å². The van der Waals surface area contributed by atoms with Crippen molar-refractivity contribution in [3.63, 3.8) is 0 Å². The van der Waals surface area contributed by atoms with Crippen molar-refractivity contribution in [3.05, 3.63) is 0 Å². The minimum atomic E-state index is -3.37. The monoisotopic (exact) mass is 295 g/mol. The molecule has 0 bridgehead atoms. The normalized spacial score (nSPS) is 19.2. The van der Waals surface area contributed by atoms with E-state index >= 15 is 0 Å². The summed E-state index contributed by atoms with van der Waals surface area (Å²) < 4.78 is 32.7. The van der Waals surface area contributed by atoms with Crippen LogP contribution in [0, 0.1) is 0 Å². The van der Waals surface area contributed by atoms with E-state index in [2.05, 4.69) is 0 Å². The van der Waals surface area contributed by atoms with Crippen molar-refractivity contribution in [3.8, 4) is 0 Å². The number of aliphatic hydroxyl groups is 1. The molecule has 0 aromatic heterocycles. The van der Waals surface area contributed by atoms with Gasteiger partial charge in [-0.15, -0.1) is 0 Å². The van der Waals surface area contributed by atoms with Crippen LogP contribution in [-0.2, 0) is 14.9 Å². The molecule has 114 valence electrons. The van der Waals surface area contributed by atoms with Crippen LogP contribution in [0.15, 0.2) is 0 Å². The molecule has 0 atom stereocenters. The highest BCUT2D eigenvalue weighted by molar-refractivity contribution is 7.86. The van der Waals surface area contributed by atoms with Gasteiger partial charge in [-0.1, -0.05) is 0 Å². The zero-order chi connectivity index (χ0) is 14.3. The molecule has 3 N–H and O–H groups in total. The van der Waals surface area contributed by atoms with Crippen molar-refractivity contribution >= 4 is 10.2 Å². The van der Waals surface area contributed by atoms with Crippen LogP contribution < -0.4 is 5.73 Å². The van der Waals surface area contributed by atoms with Crippen molar-refractivity contribution in [1.29, 1.82) is 0 Å². The first-order chi connectivity index (χ1) is 9.02. The third-order valence-corrected chi connectivity index (χ3v) is 5.23. The van der Waals surface area contributed by atoms with E-state index in [0.717, 1.165) is 0 Å². The smallest absolute Gasteiger partial charge is 0.281 e. The molecule has 1 aliphatic rings. The summed E-state index contributed by atoms with van der Waals surface area (Å²) in [6.07, 6.45) is 2.05. The first kappa shape index (κ1) is 16.8. The highest BCUT2D eigenvalue weighted by Gasteiger charge is 2.30. The standard InChI is InChI=1S/C11H25N3O4S/c1-13(6-2-5-12)19(16,17)14-7-3-11(4-8-14)18-10-9-15/h11,15H,2-10,12H2,1H3. The van der Waals surface area contributed by atoms with E-state index in [1.54, 1.807) is 7.05 Å². The maximum Gasteiger partial charge on any atom is 0.281 e. The number of hydrogen-bond acceptors (Lipinski definition) is 5. The first-order valence-electron chi connectivity index (χ1n) is 6.66. The third kappa shape index (κ3) is 4.97. The Morgan fingerprint density at radius 2 is 2.05 bits per heavy atom. The van der Waals surface area contributed by atoms with Crippen molar-refractivity contribution in [2.75, 3.05) is 46.4 Å². The Labute approximate surface area is 115 Å². The molecule has 19 heavy (non-hydrogen) atoms. The molecule has 0 aliphatic carbocycles. The minimum absolute atomic E-state index is 0.000337. The molecule has 0 amide bonds. The molecule has 8 heteroatoms. The first-order valence-corrected chi connectivity index (χ1v) is 8.06. The van der Waals surface area contributed by atoms with E-state index in [9.17, 15) is 8.42 Å². The fraction of sp³-hybridized carbons (Fsp3) is 1.00. The van der Waals surface area contributed by atoms with Crippen molar-refractivity contribution < 1.29 is 18.3 Å². The van der Waals surface area contributed by atoms with Crippen LogP contribution in [0.1, 0.15) is 19.3 Å². The number of nitrogens with two attached hydrogens (primary N) is 1. The van der Waals surface area contributed by atoms with Gasteiger partial charge in [0.1, 0.15) is 0 Å². The van der Waals surface area contributed by atoms with E-state index in [0.29, 0.717) is 52.0 Å². The Kier molecular flexibility index (Phi) is 7.19. The van der Waals surface area contributed by atoms with E-state index in [-0.39, 0.29) is 12.7 Å². The third-order valence-electron chi connectivity index (χ3n) is 3.24. The number of piperidine rings is 1. The van der Waals surface area contributed by atoms with Gasteiger partial charge in [0.2, 0.25) is 0 Å². The molecule has 0 unspecified atom stereocenters. The van der Waals surface area contributed by atoms with Gasteiger partial charge in [-0.2, -0.15) is 17.0 Å². The second-order valence-corrected chi connectivity index (χ2v) is 6.70. The molecule has 7 nitrogen and oxygen atoms in total. The lowest BCUT2D eigenvalue weighted by Crippen LogP contribution is -2.47. The molecule has 1 fully saturated rings. The topological polar surface area (TPSA) is 96.1 Å². The van der Waals surface area contributed by atoms with Crippen molar-refractivity contribution in [2.24, 2.45) is 5.73 Å². The molecule has 1 aliphatic heterocycles. The van der Waals surface area contributed by atoms with Gasteiger partial charge in [0.25, 0.3) is 10.2 Å². The van der Waals surface area contributed by atoms with E-state index in [4.69, 9.17) is 15.6 Å². The molecule has 0 aromatic carbocycles. The van der Waals surface area contributed by atoms with Gasteiger partial charge in [-0.05, 0) is 25.8 Å². The van der Waals surface area contributed by atoms with E-state index in [1.165, 1.54) is 8.61 Å². The lowest BCUT2D eigenvalue weighted by molar-refractivity contribution is 0.00264. The maximum atomic E-state index is 12.2. The summed E-state index contributed by atoms with van der Waals surface area (Å²) in [7, 11) is -1.79. The van der Waals surface area contributed by atoms with Crippen LogP contribution in [0.5, 0.6) is 0 Å². The van der Waals surface area contributed by atoms with Crippen LogP contribution in [0.3, 0.4) is 0 Å². The fourth-order valence-electron chi connectivity index (χ4n) is 2.08. The van der Waals surface area contributed by atoms with Gasteiger partial charge in [0.15, 0.2) is 0 Å². The predicted octanol–water partition coefficient (Wildman–Crippen LogP) is -1.01. The summed E-state index contributed by atoms with van der Waals surface area (Å²) in [5.41, 5.74) is 5.39. The Morgan fingerprint density at radius 3 is 2.58 bits per heavy atom. The van der Waals surface area contributed by atoms with E-state index in [1.807, 2.05) is 0 Å². The van der Waals surface area contributed by atoms with Crippen LogP contribution in [-0.4, -0.2) is 74.7 Å². The summed E-state index contributed by atoms with van der Waals surface area (Å²) in [5.74, 6) is 0. The summed E-state index contributed by atoms with van der Waals surface area (Å²) in [6.45, 7) is 2.17. The number of rotatable bonds is 8. The van der Waals surface area contributed by atoms with Gasteiger partial charge in [-0.3, -0.25) is 0 Å². The number of nitrogens with zero attached hydrogens (tertiary/aromatic N) is 2. The number of hydrogen-bond donors (Lipinski definition) is 2. The zero-order valence-corrected chi connectivity index (χ0v) is 12.3. The Balaban J connectivity index is 2.44. The molecule has 0 saturated carbocycles. The highest BCUT2D eigenvalue weighted by Crippen LogP contribution is 2.18. The fourth-order valence-corrected chi connectivity index (χ4v) is 3.50. The molecule has 1 saturated heterocycles. The SMILES string of the molecule is CN(CCCN)S(=O)(=O)N1CCC(OCCO)CC1. The molecule has 0 spiro atoms. The molecule has 1 heterocycles. The zero-order valence-electron chi connectivity index (χ0n) is 11.5. The van der Waals surface area contributed by atoms with E-state index < -0.39 is 10.2 Å². The summed E-state index contributed by atoms with van der Waals surface area (Å²) >= 11 is 0. The lowest BCUT2D eigenvalue weighted by Gasteiger charge is -2.33. The molecule has 0 radical (unpaired) electrons. The largest absolute Gasteiger partial charge is 0.394 e. The summed E-state index contributed by atoms with van der Waals surface area (Å²) in [4.78, 5) is 0. The van der Waals surface area contributed by atoms with Gasteiger partial charge in [0.05, 0.1) is 19.3 Å². The van der Waals surface area contributed by atoms with Crippen LogP contribution in [0.4, 0.5) is 0 Å². The number of aliphatic hydroxyl groups excluding tert-OH is 1. The molecule has 0 aromatic rings. The van der Waals surface area contributed by atoms with Crippen LogP contribution >= 0.6 is 0 Å². The average Bonchev–Trinajstić information content (AvgIpc) is 2.42. The van der Waals surface area contributed by atoms with Gasteiger partial charge >= 0.3 is 0 Å². The highest BCUT2D eigenvalue weighted by atomic mass is 32.2. The molecular weight excluding hydrogens is 270 g/mol. The Morgan fingerprint density at radius 1 is 1.42 bits per heavy atom. The molecule has 1 rings (SSSR count).